The molecule has 0 saturated carbocycles. The van der Waals surface area contributed by atoms with Crippen LogP contribution < -0.4 is 34.1 Å². The molecule has 0 radical (unpaired) electrons. The van der Waals surface area contributed by atoms with Gasteiger partial charge >= 0.3 is 10.7 Å². The highest BCUT2D eigenvalue weighted by Gasteiger charge is 2.32. The summed E-state index contributed by atoms with van der Waals surface area (Å²) < 4.78 is 3.33. The van der Waals surface area contributed by atoms with Crippen LogP contribution in [0.5, 0.6) is 0 Å². The third-order valence-electron chi connectivity index (χ3n) is 2.82. The molecule has 94 valence electrons. The number of H-pyrrole nitrogens is 1. The summed E-state index contributed by atoms with van der Waals surface area (Å²) in [5.74, 6) is 1.05. The van der Waals surface area contributed by atoms with Gasteiger partial charge in [-0.05, 0) is 18.7 Å². The predicted molar refractivity (Wildman–Crippen MR) is 74.5 cm³/mol. The molecule has 1 N–H and O–H groups in total. The molecule has 1 aliphatic heterocycles. The Balaban J connectivity index is 0.00000144. The molecule has 0 aromatic carbocycles. The Bertz CT molecular complexity index is 487. The fraction of sp³-hybridized carbons (Fsp3) is 0.455. The van der Waals surface area contributed by atoms with E-state index >= 15 is 0 Å². The number of alkyl halides is 1. The number of nitrogens with one attached hydrogen (secondary N) is 1. The fourth-order valence-corrected chi connectivity index (χ4v) is 4.32. The minimum absolute atomic E-state index is 0. The Labute approximate surface area is 136 Å². The number of aromatic nitrogens is 2. The van der Waals surface area contributed by atoms with Crippen LogP contribution in [0.15, 0.2) is 22.6 Å². The summed E-state index contributed by atoms with van der Waals surface area (Å²) in [6.45, 7) is 5.73. The summed E-state index contributed by atoms with van der Waals surface area (Å²) in [6, 6.07) is 0.501. The van der Waals surface area contributed by atoms with Gasteiger partial charge in [-0.2, -0.15) is 0 Å². The SMILES string of the molecule is C=CCc1c(C)[n+]2c([nH]c1=O)SCC2CI.[I-]. The molecule has 0 aliphatic carbocycles. The van der Waals surface area contributed by atoms with Gasteiger partial charge in [0.1, 0.15) is 11.7 Å². The van der Waals surface area contributed by atoms with Crippen LogP contribution in [0.4, 0.5) is 0 Å². The first kappa shape index (κ1) is 15.5. The zero-order valence-corrected chi connectivity index (χ0v) is 14.6. The third kappa shape index (κ3) is 2.89. The number of aromatic amines is 1. The van der Waals surface area contributed by atoms with Crippen molar-refractivity contribution in [1.29, 1.82) is 0 Å². The normalized spacial score (nSPS) is 17.4. The largest absolute Gasteiger partial charge is 1.00 e. The second-order valence-corrected chi connectivity index (χ2v) is 5.69. The van der Waals surface area contributed by atoms with E-state index in [0.29, 0.717) is 12.5 Å². The molecule has 0 bridgehead atoms. The second-order valence-electron chi connectivity index (χ2n) is 3.81. The van der Waals surface area contributed by atoms with Crippen LogP contribution in [0.3, 0.4) is 0 Å². The monoisotopic (exact) mass is 476 g/mol. The molecular formula is C11H14I2N2OS. The van der Waals surface area contributed by atoms with Crippen LogP contribution in [0.1, 0.15) is 17.3 Å². The zero-order chi connectivity index (χ0) is 11.7. The lowest BCUT2D eigenvalue weighted by Gasteiger charge is -2.09. The Hall–Kier alpha value is 0.430. The number of halogens is 2. The van der Waals surface area contributed by atoms with E-state index in [1.807, 2.05) is 6.92 Å². The average Bonchev–Trinajstić information content (AvgIpc) is 2.67. The Morgan fingerprint density at radius 3 is 3.00 bits per heavy atom. The molecule has 1 aromatic rings. The lowest BCUT2D eigenvalue weighted by molar-refractivity contribution is -0.752. The van der Waals surface area contributed by atoms with E-state index in [9.17, 15) is 4.79 Å². The van der Waals surface area contributed by atoms with Gasteiger partial charge in [0.2, 0.25) is 0 Å². The first-order valence-corrected chi connectivity index (χ1v) is 7.67. The highest BCUT2D eigenvalue weighted by molar-refractivity contribution is 14.1. The van der Waals surface area contributed by atoms with E-state index in [-0.39, 0.29) is 29.5 Å². The van der Waals surface area contributed by atoms with Gasteiger partial charge in [0.15, 0.2) is 0 Å². The maximum atomic E-state index is 11.9. The van der Waals surface area contributed by atoms with Gasteiger partial charge in [0.25, 0.3) is 0 Å². The molecule has 0 spiro atoms. The van der Waals surface area contributed by atoms with Crippen molar-refractivity contribution >= 4 is 34.4 Å². The van der Waals surface area contributed by atoms with Crippen LogP contribution in [0.2, 0.25) is 0 Å². The highest BCUT2D eigenvalue weighted by atomic mass is 127. The van der Waals surface area contributed by atoms with Crippen LogP contribution in [-0.4, -0.2) is 15.2 Å². The molecule has 2 heterocycles. The Kier molecular flexibility index (Phi) is 5.97. The maximum Gasteiger partial charge on any atom is 0.339 e. The van der Waals surface area contributed by atoms with Crippen molar-refractivity contribution in [3.63, 3.8) is 0 Å². The predicted octanol–water partition coefficient (Wildman–Crippen LogP) is -1.21. The first-order valence-electron chi connectivity index (χ1n) is 5.16. The van der Waals surface area contributed by atoms with Crippen LogP contribution in [-0.2, 0) is 6.42 Å². The smallest absolute Gasteiger partial charge is 0.339 e. The van der Waals surface area contributed by atoms with E-state index in [2.05, 4.69) is 38.7 Å². The molecule has 3 nitrogen and oxygen atoms in total. The quantitative estimate of drug-likeness (QED) is 0.196. The Morgan fingerprint density at radius 1 is 1.71 bits per heavy atom. The number of hydrogen-bond donors (Lipinski definition) is 1. The van der Waals surface area contributed by atoms with Crippen LogP contribution >= 0.6 is 34.4 Å². The van der Waals surface area contributed by atoms with Crippen molar-refractivity contribution in [2.24, 2.45) is 0 Å². The molecule has 1 aliphatic rings. The van der Waals surface area contributed by atoms with Gasteiger partial charge in [-0.25, -0.2) is 14.3 Å². The summed E-state index contributed by atoms with van der Waals surface area (Å²) >= 11 is 4.13. The molecule has 0 saturated heterocycles. The van der Waals surface area contributed by atoms with Crippen LogP contribution in [0, 0.1) is 6.92 Å². The number of nitrogens with zero attached hydrogens (tertiary/aromatic N) is 1. The van der Waals surface area contributed by atoms with Crippen molar-refractivity contribution < 1.29 is 28.5 Å². The van der Waals surface area contributed by atoms with Gasteiger partial charge in [0, 0.05) is 16.6 Å². The number of thioether (sulfide) groups is 1. The number of allylic oxidation sites excluding steroid dienone is 1. The molecular weight excluding hydrogens is 462 g/mol. The van der Waals surface area contributed by atoms with E-state index in [1.165, 1.54) is 0 Å². The standard InChI is InChI=1S/C11H13IN2OS.HI/c1-3-4-9-7(2)14-8(5-12)6-16-11(14)13-10(9)15;/h3,8H,1,4-6H2,2H3;1H. The minimum atomic E-state index is 0. The molecule has 0 fully saturated rings. The topological polar surface area (TPSA) is 36.7 Å². The summed E-state index contributed by atoms with van der Waals surface area (Å²) in [4.78, 5) is 14.8. The highest BCUT2D eigenvalue weighted by Crippen LogP contribution is 2.26. The van der Waals surface area contributed by atoms with Gasteiger partial charge in [-0.15, -0.1) is 6.58 Å². The number of rotatable bonds is 3. The first-order chi connectivity index (χ1) is 7.69. The summed E-state index contributed by atoms with van der Waals surface area (Å²) in [7, 11) is 0. The number of fused-ring (bicyclic) bond motifs is 1. The number of hydrogen-bond acceptors (Lipinski definition) is 2. The van der Waals surface area contributed by atoms with Gasteiger partial charge in [-0.3, -0.25) is 0 Å². The minimum Gasteiger partial charge on any atom is -1.00 e. The molecule has 17 heavy (non-hydrogen) atoms. The molecule has 0 amide bonds. The molecule has 1 aromatic heterocycles. The van der Waals surface area contributed by atoms with Crippen LogP contribution in [0.25, 0.3) is 0 Å². The zero-order valence-electron chi connectivity index (χ0n) is 9.50. The van der Waals surface area contributed by atoms with Crippen molar-refractivity contribution in [3.05, 3.63) is 34.3 Å². The van der Waals surface area contributed by atoms with E-state index in [0.717, 1.165) is 26.6 Å². The summed E-state index contributed by atoms with van der Waals surface area (Å²) in [5, 5.41) is 0.997. The Morgan fingerprint density at radius 2 is 2.41 bits per heavy atom. The summed E-state index contributed by atoms with van der Waals surface area (Å²) in [5.41, 5.74) is 1.96. The van der Waals surface area contributed by atoms with Crippen molar-refractivity contribution in [3.8, 4) is 0 Å². The average molecular weight is 476 g/mol. The van der Waals surface area contributed by atoms with Gasteiger partial charge < -0.3 is 24.0 Å². The van der Waals surface area contributed by atoms with Crippen molar-refractivity contribution in [1.82, 2.24) is 4.98 Å². The van der Waals surface area contributed by atoms with Gasteiger partial charge in [-0.1, -0.05) is 28.7 Å². The molecule has 2 rings (SSSR count). The van der Waals surface area contributed by atoms with E-state index in [4.69, 9.17) is 0 Å². The van der Waals surface area contributed by atoms with Gasteiger partial charge in [0.05, 0.1) is 5.56 Å². The lowest BCUT2D eigenvalue weighted by atomic mass is 10.1. The van der Waals surface area contributed by atoms with Crippen molar-refractivity contribution in [2.75, 3.05) is 10.2 Å². The molecule has 6 heteroatoms. The van der Waals surface area contributed by atoms with E-state index in [1.54, 1.807) is 17.8 Å². The lowest BCUT2D eigenvalue weighted by Crippen LogP contribution is -3.00. The second kappa shape index (κ2) is 6.55. The fourth-order valence-electron chi connectivity index (χ4n) is 1.99. The summed E-state index contributed by atoms with van der Waals surface area (Å²) in [6.07, 6.45) is 2.42. The maximum absolute atomic E-state index is 11.9. The van der Waals surface area contributed by atoms with E-state index < -0.39 is 0 Å². The third-order valence-corrected chi connectivity index (χ3v) is 4.96. The molecule has 1 atom stereocenters. The van der Waals surface area contributed by atoms with Crippen molar-refractivity contribution in [2.45, 2.75) is 24.5 Å². The molecule has 1 unspecified atom stereocenters.